The van der Waals surface area contributed by atoms with Crippen LogP contribution in [0.5, 0.6) is 0 Å². The molecular weight excluding hydrogens is 641 g/mol. The Morgan fingerprint density at radius 3 is 1.64 bits per heavy atom. The SMILES string of the molecule is Cc1c(-c2ccc3c(c2)c2c(-c4ccccc4)cccc2n3-c2ccccc2)c(C)c2c3ccccc3n(-c3ccc(-c4ccccc4)cc3)c2c1C. The number of benzene rings is 8. The second-order valence-electron chi connectivity index (χ2n) is 14.2. The normalized spacial score (nSPS) is 11.7. The van der Waals surface area contributed by atoms with Crippen LogP contribution in [-0.2, 0) is 0 Å². The number of hydrogen-bond donors (Lipinski definition) is 0. The highest BCUT2D eigenvalue weighted by Gasteiger charge is 2.23. The molecule has 0 spiro atoms. The van der Waals surface area contributed by atoms with Gasteiger partial charge in [0.1, 0.15) is 0 Å². The molecular formula is C51H38N2. The number of rotatable bonds is 5. The van der Waals surface area contributed by atoms with Crippen LogP contribution in [0.1, 0.15) is 16.7 Å². The van der Waals surface area contributed by atoms with E-state index in [4.69, 9.17) is 0 Å². The van der Waals surface area contributed by atoms with Crippen molar-refractivity contribution in [1.82, 2.24) is 9.13 Å². The molecule has 10 rings (SSSR count). The van der Waals surface area contributed by atoms with E-state index in [-0.39, 0.29) is 0 Å². The first-order valence-corrected chi connectivity index (χ1v) is 18.5. The molecule has 2 heterocycles. The minimum Gasteiger partial charge on any atom is -0.309 e. The number of para-hydroxylation sites is 2. The Labute approximate surface area is 309 Å². The van der Waals surface area contributed by atoms with Crippen LogP contribution >= 0.6 is 0 Å². The molecule has 0 radical (unpaired) electrons. The minimum atomic E-state index is 1.17. The van der Waals surface area contributed by atoms with Crippen LogP contribution in [0, 0.1) is 20.8 Å². The third kappa shape index (κ3) is 4.80. The van der Waals surface area contributed by atoms with E-state index in [1.807, 2.05) is 0 Å². The lowest BCUT2D eigenvalue weighted by atomic mass is 9.88. The molecule has 0 amide bonds. The molecule has 0 aliphatic heterocycles. The topological polar surface area (TPSA) is 9.86 Å². The third-order valence-corrected chi connectivity index (χ3v) is 11.3. The van der Waals surface area contributed by atoms with Gasteiger partial charge < -0.3 is 9.13 Å². The van der Waals surface area contributed by atoms with E-state index in [9.17, 15) is 0 Å². The fraction of sp³-hybridized carbons (Fsp3) is 0.0588. The van der Waals surface area contributed by atoms with Crippen molar-refractivity contribution in [3.05, 3.63) is 193 Å². The van der Waals surface area contributed by atoms with Gasteiger partial charge in [-0.15, -0.1) is 0 Å². The maximum absolute atomic E-state index is 2.47. The van der Waals surface area contributed by atoms with Gasteiger partial charge in [-0.3, -0.25) is 0 Å². The number of aryl methyl sites for hydroxylation is 2. The first kappa shape index (κ1) is 31.1. The van der Waals surface area contributed by atoms with Crippen LogP contribution in [0.15, 0.2) is 176 Å². The summed E-state index contributed by atoms with van der Waals surface area (Å²) in [5.74, 6) is 0. The first-order chi connectivity index (χ1) is 26.1. The number of nitrogens with zero attached hydrogens (tertiary/aromatic N) is 2. The molecule has 0 unspecified atom stereocenters. The van der Waals surface area contributed by atoms with E-state index < -0.39 is 0 Å². The molecule has 2 aromatic heterocycles. The molecule has 0 saturated carbocycles. The number of fused-ring (bicyclic) bond motifs is 6. The molecule has 2 heteroatoms. The van der Waals surface area contributed by atoms with Crippen LogP contribution in [-0.4, -0.2) is 9.13 Å². The van der Waals surface area contributed by atoms with Crippen LogP contribution in [0.25, 0.3) is 88.4 Å². The zero-order valence-corrected chi connectivity index (χ0v) is 30.1. The molecule has 0 saturated heterocycles. The maximum Gasteiger partial charge on any atom is 0.0575 e. The van der Waals surface area contributed by atoms with Gasteiger partial charge in [-0.2, -0.15) is 0 Å². The highest BCUT2D eigenvalue weighted by atomic mass is 15.0. The van der Waals surface area contributed by atoms with Crippen molar-refractivity contribution in [3.63, 3.8) is 0 Å². The summed E-state index contributed by atoms with van der Waals surface area (Å²) in [6.45, 7) is 6.94. The highest BCUT2D eigenvalue weighted by molar-refractivity contribution is 6.18. The lowest BCUT2D eigenvalue weighted by Crippen LogP contribution is -1.99. The summed E-state index contributed by atoms with van der Waals surface area (Å²) in [6.07, 6.45) is 0. The third-order valence-electron chi connectivity index (χ3n) is 11.3. The van der Waals surface area contributed by atoms with Crippen molar-refractivity contribution < 1.29 is 0 Å². The van der Waals surface area contributed by atoms with E-state index in [1.165, 1.54) is 105 Å². The quantitative estimate of drug-likeness (QED) is 0.171. The van der Waals surface area contributed by atoms with Crippen LogP contribution in [0.3, 0.4) is 0 Å². The number of hydrogen-bond acceptors (Lipinski definition) is 0. The molecule has 8 aromatic carbocycles. The predicted molar refractivity (Wildman–Crippen MR) is 226 cm³/mol. The van der Waals surface area contributed by atoms with Gasteiger partial charge >= 0.3 is 0 Å². The lowest BCUT2D eigenvalue weighted by molar-refractivity contribution is 1.16. The smallest absolute Gasteiger partial charge is 0.0575 e. The van der Waals surface area contributed by atoms with Gasteiger partial charge in [0.25, 0.3) is 0 Å². The summed E-state index contributed by atoms with van der Waals surface area (Å²) in [5.41, 5.74) is 18.7. The van der Waals surface area contributed by atoms with Gasteiger partial charge in [-0.1, -0.05) is 127 Å². The van der Waals surface area contributed by atoms with Gasteiger partial charge in [0.2, 0.25) is 0 Å². The zero-order valence-electron chi connectivity index (χ0n) is 30.1. The van der Waals surface area contributed by atoms with Crippen molar-refractivity contribution in [2.24, 2.45) is 0 Å². The van der Waals surface area contributed by atoms with Gasteiger partial charge in [0.05, 0.1) is 22.1 Å². The Hall–Kier alpha value is -6.64. The van der Waals surface area contributed by atoms with Crippen molar-refractivity contribution in [2.45, 2.75) is 20.8 Å². The molecule has 252 valence electrons. The molecule has 0 aliphatic carbocycles. The lowest BCUT2D eigenvalue weighted by Gasteiger charge is -2.18. The molecule has 0 bridgehead atoms. The summed E-state index contributed by atoms with van der Waals surface area (Å²) in [4.78, 5) is 0. The standard InChI is InChI=1S/C51H38N2/c1-33-34(2)51-49(43-22-13-14-24-45(43)53(51)41-29-26-37(27-30-41)36-16-7-4-8-17-36)35(3)48(33)39-28-31-46-44(32-39)50-42(38-18-9-5-10-19-38)23-15-25-47(50)52(46)40-20-11-6-12-21-40/h4-32H,1-3H3. The fourth-order valence-electron chi connectivity index (χ4n) is 8.82. The highest BCUT2D eigenvalue weighted by Crippen LogP contribution is 2.45. The second kappa shape index (κ2) is 12.3. The average Bonchev–Trinajstić information content (AvgIpc) is 3.75. The second-order valence-corrected chi connectivity index (χ2v) is 14.2. The van der Waals surface area contributed by atoms with Crippen LogP contribution < -0.4 is 0 Å². The number of aromatic nitrogens is 2. The van der Waals surface area contributed by atoms with E-state index in [1.54, 1.807) is 0 Å². The van der Waals surface area contributed by atoms with E-state index in [2.05, 4.69) is 206 Å². The Morgan fingerprint density at radius 1 is 0.340 bits per heavy atom. The van der Waals surface area contributed by atoms with E-state index in [0.717, 1.165) is 0 Å². The van der Waals surface area contributed by atoms with Crippen molar-refractivity contribution in [1.29, 1.82) is 0 Å². The summed E-state index contributed by atoms with van der Waals surface area (Å²) in [5, 5.41) is 5.15. The van der Waals surface area contributed by atoms with Crippen molar-refractivity contribution in [2.75, 3.05) is 0 Å². The largest absolute Gasteiger partial charge is 0.309 e. The summed E-state index contributed by atoms with van der Waals surface area (Å²) >= 11 is 0. The molecule has 0 fully saturated rings. The van der Waals surface area contributed by atoms with Gasteiger partial charge in [0.15, 0.2) is 0 Å². The molecule has 2 nitrogen and oxygen atoms in total. The zero-order chi connectivity index (χ0) is 35.6. The van der Waals surface area contributed by atoms with Gasteiger partial charge in [0, 0.05) is 32.9 Å². The van der Waals surface area contributed by atoms with Gasteiger partial charge in [-0.25, -0.2) is 0 Å². The molecule has 0 N–H and O–H groups in total. The Bertz CT molecular complexity index is 2980. The van der Waals surface area contributed by atoms with Crippen LogP contribution in [0.2, 0.25) is 0 Å². The molecule has 0 aliphatic rings. The monoisotopic (exact) mass is 678 g/mol. The Morgan fingerprint density at radius 2 is 0.906 bits per heavy atom. The van der Waals surface area contributed by atoms with E-state index >= 15 is 0 Å². The summed E-state index contributed by atoms with van der Waals surface area (Å²) in [7, 11) is 0. The maximum atomic E-state index is 2.47. The summed E-state index contributed by atoms with van der Waals surface area (Å²) in [6, 6.07) is 64.0. The fourth-order valence-corrected chi connectivity index (χ4v) is 8.82. The minimum absolute atomic E-state index is 1.17. The van der Waals surface area contributed by atoms with Gasteiger partial charge in [-0.05, 0) is 119 Å². The van der Waals surface area contributed by atoms with E-state index in [0.29, 0.717) is 0 Å². The Kier molecular flexibility index (Phi) is 7.19. The molecule has 10 aromatic rings. The van der Waals surface area contributed by atoms with Crippen LogP contribution in [0.4, 0.5) is 0 Å². The van der Waals surface area contributed by atoms with Crippen molar-refractivity contribution in [3.8, 4) is 44.8 Å². The Balaban J connectivity index is 1.23. The molecule has 53 heavy (non-hydrogen) atoms. The predicted octanol–water partition coefficient (Wildman–Crippen LogP) is 13.8. The molecule has 0 atom stereocenters. The first-order valence-electron chi connectivity index (χ1n) is 18.5. The average molecular weight is 679 g/mol. The van der Waals surface area contributed by atoms with Crippen molar-refractivity contribution >= 4 is 43.6 Å². The summed E-state index contributed by atoms with van der Waals surface area (Å²) < 4.78 is 4.90.